The second kappa shape index (κ2) is 8.31. The summed E-state index contributed by atoms with van der Waals surface area (Å²) in [5, 5.41) is 0. The van der Waals surface area contributed by atoms with Gasteiger partial charge in [-0.05, 0) is 87.4 Å². The smallest absolute Gasteiger partial charge is 0.408 e. The van der Waals surface area contributed by atoms with Crippen LogP contribution in [0.25, 0.3) is 11.1 Å². The van der Waals surface area contributed by atoms with Crippen molar-refractivity contribution in [3.63, 3.8) is 0 Å². The number of nitrogens with zero attached hydrogens (tertiary/aromatic N) is 1. The monoisotopic (exact) mass is 382 g/mol. The Morgan fingerprint density at radius 1 is 1.14 bits per heavy atom. The second-order valence-electron chi connectivity index (χ2n) is 7.95. The van der Waals surface area contributed by atoms with E-state index in [-0.39, 0.29) is 5.82 Å². The minimum atomic E-state index is -0.395. The van der Waals surface area contributed by atoms with Gasteiger partial charge in [0.2, 0.25) is 0 Å². The lowest BCUT2D eigenvalue weighted by Crippen LogP contribution is -2.35. The number of aryl methyl sites for hydroxylation is 1. The number of oxazole rings is 1. The molecule has 1 saturated carbocycles. The van der Waals surface area contributed by atoms with Gasteiger partial charge < -0.3 is 9.32 Å². The molecule has 148 valence electrons. The van der Waals surface area contributed by atoms with E-state index in [4.69, 9.17) is 4.42 Å². The van der Waals surface area contributed by atoms with E-state index >= 15 is 0 Å². The van der Waals surface area contributed by atoms with Gasteiger partial charge in [-0.25, -0.2) is 9.18 Å². The molecule has 0 bridgehead atoms. The summed E-state index contributed by atoms with van der Waals surface area (Å²) in [6, 6.07) is 13.7. The van der Waals surface area contributed by atoms with Crippen LogP contribution in [0.3, 0.4) is 0 Å². The van der Waals surface area contributed by atoms with E-state index in [2.05, 4.69) is 23.0 Å². The van der Waals surface area contributed by atoms with E-state index in [0.29, 0.717) is 17.5 Å². The standard InChI is InChI=1S/C23H27FN2O2/c1-26(14-4-6-17-5-2-3-7-20(17)24)19-11-8-16(9-12-19)18-10-13-21-22(15-18)28-23(27)25-21/h2-3,5,7,10,13,15-16,19H,4,6,8-9,11-12,14H2,1H3,(H,25,27)/t16-,19-. The molecule has 0 spiro atoms. The molecule has 4 nitrogen and oxygen atoms in total. The Bertz CT molecular complexity index is 985. The Labute approximate surface area is 164 Å². The van der Waals surface area contributed by atoms with Crippen LogP contribution in [0.15, 0.2) is 51.7 Å². The molecule has 2 aromatic carbocycles. The fourth-order valence-corrected chi connectivity index (χ4v) is 4.47. The Morgan fingerprint density at radius 3 is 2.71 bits per heavy atom. The van der Waals surface area contributed by atoms with Crippen molar-refractivity contribution >= 4 is 11.1 Å². The van der Waals surface area contributed by atoms with E-state index in [1.807, 2.05) is 24.3 Å². The molecular weight excluding hydrogens is 355 g/mol. The Morgan fingerprint density at radius 2 is 1.93 bits per heavy atom. The van der Waals surface area contributed by atoms with Crippen LogP contribution in [0.2, 0.25) is 0 Å². The van der Waals surface area contributed by atoms with Crippen LogP contribution in [0.1, 0.15) is 49.1 Å². The Balaban J connectivity index is 1.28. The zero-order chi connectivity index (χ0) is 19.5. The van der Waals surface area contributed by atoms with E-state index in [9.17, 15) is 9.18 Å². The highest BCUT2D eigenvalue weighted by Crippen LogP contribution is 2.35. The maximum absolute atomic E-state index is 13.7. The molecule has 0 atom stereocenters. The van der Waals surface area contributed by atoms with Crippen LogP contribution in [0.4, 0.5) is 4.39 Å². The minimum Gasteiger partial charge on any atom is -0.408 e. The normalized spacial score (nSPS) is 20.1. The summed E-state index contributed by atoms with van der Waals surface area (Å²) >= 11 is 0. The summed E-state index contributed by atoms with van der Waals surface area (Å²) in [6.07, 6.45) is 6.37. The summed E-state index contributed by atoms with van der Waals surface area (Å²) < 4.78 is 18.9. The SMILES string of the molecule is CN(CCCc1ccccc1F)[C@H]1CC[C@H](c2ccc3[nH]c(=O)oc3c2)CC1. The van der Waals surface area contributed by atoms with Gasteiger partial charge in [-0.2, -0.15) is 0 Å². The van der Waals surface area contributed by atoms with Crippen LogP contribution in [0, 0.1) is 5.82 Å². The van der Waals surface area contributed by atoms with Crippen LogP contribution in [-0.4, -0.2) is 29.5 Å². The molecule has 28 heavy (non-hydrogen) atoms. The first-order valence-electron chi connectivity index (χ1n) is 10.2. The van der Waals surface area contributed by atoms with Gasteiger partial charge >= 0.3 is 5.76 Å². The summed E-state index contributed by atoms with van der Waals surface area (Å²) in [5.41, 5.74) is 3.48. The number of H-pyrrole nitrogens is 1. The van der Waals surface area contributed by atoms with Crippen LogP contribution < -0.4 is 5.76 Å². The number of fused-ring (bicyclic) bond motifs is 1. The molecule has 1 aliphatic carbocycles. The first kappa shape index (κ1) is 18.9. The van der Waals surface area contributed by atoms with Gasteiger partial charge in [0, 0.05) is 6.04 Å². The fraction of sp³-hybridized carbons (Fsp3) is 0.435. The highest BCUT2D eigenvalue weighted by atomic mass is 19.1. The molecule has 0 aliphatic heterocycles. The van der Waals surface area contributed by atoms with Crippen molar-refractivity contribution in [1.82, 2.24) is 9.88 Å². The number of aromatic nitrogens is 1. The predicted molar refractivity (Wildman–Crippen MR) is 109 cm³/mol. The number of hydrogen-bond acceptors (Lipinski definition) is 3. The van der Waals surface area contributed by atoms with E-state index in [0.717, 1.165) is 56.1 Å². The highest BCUT2D eigenvalue weighted by molar-refractivity contribution is 5.72. The summed E-state index contributed by atoms with van der Waals surface area (Å²) in [5.74, 6) is 0.0291. The van der Waals surface area contributed by atoms with Crippen molar-refractivity contribution in [3.8, 4) is 0 Å². The molecule has 5 heteroatoms. The maximum atomic E-state index is 13.7. The third kappa shape index (κ3) is 4.20. The largest absolute Gasteiger partial charge is 0.417 e. The molecule has 1 N–H and O–H groups in total. The zero-order valence-corrected chi connectivity index (χ0v) is 16.3. The van der Waals surface area contributed by atoms with Crippen LogP contribution >= 0.6 is 0 Å². The van der Waals surface area contributed by atoms with Gasteiger partial charge in [-0.15, -0.1) is 0 Å². The van der Waals surface area contributed by atoms with Crippen LogP contribution in [0.5, 0.6) is 0 Å². The van der Waals surface area contributed by atoms with Gasteiger partial charge in [-0.3, -0.25) is 4.98 Å². The van der Waals surface area contributed by atoms with E-state index in [1.54, 1.807) is 6.07 Å². The summed E-state index contributed by atoms with van der Waals surface area (Å²) in [6.45, 7) is 0.990. The molecule has 1 aromatic heterocycles. The van der Waals surface area contributed by atoms with Gasteiger partial charge in [0.15, 0.2) is 5.58 Å². The summed E-state index contributed by atoms with van der Waals surface area (Å²) in [4.78, 5) is 16.5. The number of nitrogens with one attached hydrogen (secondary N) is 1. The van der Waals surface area contributed by atoms with Crippen molar-refractivity contribution in [1.29, 1.82) is 0 Å². The molecule has 4 rings (SSSR count). The van der Waals surface area contributed by atoms with Crippen molar-refractivity contribution in [2.24, 2.45) is 0 Å². The molecule has 0 saturated heterocycles. The van der Waals surface area contributed by atoms with Crippen LogP contribution in [-0.2, 0) is 6.42 Å². The van der Waals surface area contributed by atoms with Crippen molar-refractivity contribution in [3.05, 3.63) is 70.0 Å². The lowest BCUT2D eigenvalue weighted by molar-refractivity contribution is 0.181. The quantitative estimate of drug-likeness (QED) is 0.663. The number of halogens is 1. The number of aromatic amines is 1. The summed E-state index contributed by atoms with van der Waals surface area (Å²) in [7, 11) is 2.19. The Hall–Kier alpha value is -2.40. The number of hydrogen-bond donors (Lipinski definition) is 1. The number of benzene rings is 2. The van der Waals surface area contributed by atoms with Crippen molar-refractivity contribution < 1.29 is 8.81 Å². The van der Waals surface area contributed by atoms with E-state index in [1.165, 1.54) is 11.6 Å². The molecule has 1 aliphatic rings. The molecule has 0 amide bonds. The molecule has 1 fully saturated rings. The topological polar surface area (TPSA) is 49.2 Å². The lowest BCUT2D eigenvalue weighted by Gasteiger charge is -2.35. The molecule has 1 heterocycles. The molecule has 3 aromatic rings. The third-order valence-corrected chi connectivity index (χ3v) is 6.15. The zero-order valence-electron chi connectivity index (χ0n) is 16.3. The molecule has 0 radical (unpaired) electrons. The predicted octanol–water partition coefficient (Wildman–Crippen LogP) is 4.85. The van der Waals surface area contributed by atoms with Gasteiger partial charge in [-0.1, -0.05) is 24.3 Å². The fourth-order valence-electron chi connectivity index (χ4n) is 4.47. The van der Waals surface area contributed by atoms with Gasteiger partial charge in [0.05, 0.1) is 5.52 Å². The average Bonchev–Trinajstić information content (AvgIpc) is 3.08. The molecule has 0 unspecified atom stereocenters. The second-order valence-corrected chi connectivity index (χ2v) is 7.95. The van der Waals surface area contributed by atoms with Crippen molar-refractivity contribution in [2.75, 3.05) is 13.6 Å². The van der Waals surface area contributed by atoms with E-state index < -0.39 is 5.76 Å². The Kier molecular flexibility index (Phi) is 5.62. The highest BCUT2D eigenvalue weighted by Gasteiger charge is 2.25. The number of rotatable bonds is 6. The van der Waals surface area contributed by atoms with Gasteiger partial charge in [0.25, 0.3) is 0 Å². The molecular formula is C23H27FN2O2. The average molecular weight is 382 g/mol. The first-order chi connectivity index (χ1) is 13.6. The lowest BCUT2D eigenvalue weighted by atomic mass is 9.81. The maximum Gasteiger partial charge on any atom is 0.417 e. The third-order valence-electron chi connectivity index (χ3n) is 6.15. The minimum absolute atomic E-state index is 0.0964. The first-order valence-corrected chi connectivity index (χ1v) is 10.2. The van der Waals surface area contributed by atoms with Gasteiger partial charge in [0.1, 0.15) is 5.82 Å². The van der Waals surface area contributed by atoms with Crippen molar-refractivity contribution in [2.45, 2.75) is 50.5 Å².